The standard InChI is InChI=1S/C24H31N3O2/c1-18(12-25)29-24-10-8-21(9-11-24)13-26-14-22-6-4-5-7-23(22)17-27-15-19(2)28-20(3)16-27/h4-11,18-20,26H,13-17H2,1-3H3/t18-,19-,20+/m0/s1. The highest BCUT2D eigenvalue weighted by Gasteiger charge is 2.22. The Morgan fingerprint density at radius 2 is 1.72 bits per heavy atom. The lowest BCUT2D eigenvalue weighted by atomic mass is 10.1. The molecule has 3 rings (SSSR count). The Bertz CT molecular complexity index is 806. The molecule has 0 bridgehead atoms. The molecule has 154 valence electrons. The molecular formula is C24H31N3O2. The van der Waals surface area contributed by atoms with Gasteiger partial charge < -0.3 is 14.8 Å². The van der Waals surface area contributed by atoms with Gasteiger partial charge in [0.2, 0.25) is 0 Å². The number of rotatable bonds is 8. The Labute approximate surface area is 174 Å². The third-order valence-electron chi connectivity index (χ3n) is 5.07. The first-order chi connectivity index (χ1) is 14.0. The average molecular weight is 394 g/mol. The molecule has 5 heteroatoms. The van der Waals surface area contributed by atoms with Gasteiger partial charge in [-0.1, -0.05) is 36.4 Å². The molecule has 0 spiro atoms. The molecule has 1 heterocycles. The lowest BCUT2D eigenvalue weighted by Crippen LogP contribution is -2.45. The maximum Gasteiger partial charge on any atom is 0.181 e. The fraction of sp³-hybridized carbons (Fsp3) is 0.458. The van der Waals surface area contributed by atoms with E-state index < -0.39 is 6.10 Å². The molecule has 0 aromatic heterocycles. The van der Waals surface area contributed by atoms with E-state index in [1.807, 2.05) is 24.3 Å². The van der Waals surface area contributed by atoms with Gasteiger partial charge in [-0.25, -0.2) is 0 Å². The SMILES string of the molecule is C[C@@H]1CN(Cc2ccccc2CNCc2ccc(O[C@@H](C)C#N)cc2)C[C@H](C)O1. The predicted octanol–water partition coefficient (Wildman–Crippen LogP) is 3.88. The van der Waals surface area contributed by atoms with Crippen molar-refractivity contribution in [3.8, 4) is 11.8 Å². The number of benzene rings is 2. The van der Waals surface area contributed by atoms with Crippen LogP contribution in [0.5, 0.6) is 5.75 Å². The summed E-state index contributed by atoms with van der Waals surface area (Å²) in [6.07, 6.45) is 0.132. The van der Waals surface area contributed by atoms with E-state index in [0.717, 1.165) is 38.5 Å². The maximum absolute atomic E-state index is 8.83. The molecule has 0 saturated carbocycles. The summed E-state index contributed by atoms with van der Waals surface area (Å²) >= 11 is 0. The summed E-state index contributed by atoms with van der Waals surface area (Å²) in [6.45, 7) is 10.6. The highest BCUT2D eigenvalue weighted by atomic mass is 16.5. The number of morpholine rings is 1. The Kier molecular flexibility index (Phi) is 7.65. The van der Waals surface area contributed by atoms with Crippen molar-refractivity contribution in [1.29, 1.82) is 5.26 Å². The molecule has 0 radical (unpaired) electrons. The van der Waals surface area contributed by atoms with Gasteiger partial charge in [0, 0.05) is 32.7 Å². The van der Waals surface area contributed by atoms with Gasteiger partial charge in [-0.05, 0) is 49.6 Å². The van der Waals surface area contributed by atoms with Crippen LogP contribution in [-0.2, 0) is 24.4 Å². The minimum Gasteiger partial charge on any atom is -0.476 e. The molecule has 0 unspecified atom stereocenters. The van der Waals surface area contributed by atoms with Crippen molar-refractivity contribution < 1.29 is 9.47 Å². The first-order valence-electron chi connectivity index (χ1n) is 10.3. The lowest BCUT2D eigenvalue weighted by molar-refractivity contribution is -0.0705. The Balaban J connectivity index is 1.53. The molecular weight excluding hydrogens is 362 g/mol. The summed E-state index contributed by atoms with van der Waals surface area (Å²) in [6, 6.07) is 18.6. The van der Waals surface area contributed by atoms with Gasteiger partial charge in [0.25, 0.3) is 0 Å². The number of nitriles is 1. The van der Waals surface area contributed by atoms with E-state index in [1.54, 1.807) is 6.92 Å². The van der Waals surface area contributed by atoms with Crippen LogP contribution < -0.4 is 10.1 Å². The molecule has 1 N–H and O–H groups in total. The number of ether oxygens (including phenoxy) is 2. The third-order valence-corrected chi connectivity index (χ3v) is 5.07. The van der Waals surface area contributed by atoms with Crippen LogP contribution in [0.1, 0.15) is 37.5 Å². The van der Waals surface area contributed by atoms with Crippen LogP contribution in [-0.4, -0.2) is 36.3 Å². The molecule has 2 aromatic carbocycles. The summed E-state index contributed by atoms with van der Waals surface area (Å²) in [5.74, 6) is 0.724. The number of hydrogen-bond donors (Lipinski definition) is 1. The highest BCUT2D eigenvalue weighted by molar-refractivity contribution is 5.29. The first kappa shape index (κ1) is 21.3. The van der Waals surface area contributed by atoms with Gasteiger partial charge in [0.05, 0.1) is 12.2 Å². The largest absolute Gasteiger partial charge is 0.476 e. The molecule has 3 atom stereocenters. The van der Waals surface area contributed by atoms with E-state index in [9.17, 15) is 0 Å². The molecule has 2 aromatic rings. The zero-order chi connectivity index (χ0) is 20.6. The average Bonchev–Trinajstić information content (AvgIpc) is 2.70. The van der Waals surface area contributed by atoms with E-state index in [-0.39, 0.29) is 12.2 Å². The van der Waals surface area contributed by atoms with Gasteiger partial charge in [0.1, 0.15) is 11.8 Å². The van der Waals surface area contributed by atoms with E-state index >= 15 is 0 Å². The van der Waals surface area contributed by atoms with Crippen molar-refractivity contribution >= 4 is 0 Å². The van der Waals surface area contributed by atoms with Crippen LogP contribution in [0.4, 0.5) is 0 Å². The smallest absolute Gasteiger partial charge is 0.181 e. The fourth-order valence-corrected chi connectivity index (χ4v) is 3.80. The number of nitrogens with one attached hydrogen (secondary N) is 1. The minimum atomic E-state index is -0.437. The number of nitrogens with zero attached hydrogens (tertiary/aromatic N) is 2. The highest BCUT2D eigenvalue weighted by Crippen LogP contribution is 2.18. The van der Waals surface area contributed by atoms with Crippen molar-refractivity contribution in [3.05, 3.63) is 65.2 Å². The molecule has 29 heavy (non-hydrogen) atoms. The second-order valence-electron chi connectivity index (χ2n) is 7.86. The molecule has 1 saturated heterocycles. The lowest BCUT2D eigenvalue weighted by Gasteiger charge is -2.35. The van der Waals surface area contributed by atoms with Crippen LogP contribution in [0.15, 0.2) is 48.5 Å². The molecule has 0 aliphatic carbocycles. The number of hydrogen-bond acceptors (Lipinski definition) is 5. The van der Waals surface area contributed by atoms with Gasteiger partial charge in [-0.3, -0.25) is 4.90 Å². The van der Waals surface area contributed by atoms with Crippen LogP contribution in [0, 0.1) is 11.3 Å². The molecule has 5 nitrogen and oxygen atoms in total. The zero-order valence-electron chi connectivity index (χ0n) is 17.6. The Morgan fingerprint density at radius 3 is 2.38 bits per heavy atom. The second-order valence-corrected chi connectivity index (χ2v) is 7.86. The Hall–Kier alpha value is -2.39. The van der Waals surface area contributed by atoms with Crippen molar-refractivity contribution in [3.63, 3.8) is 0 Å². The molecule has 1 aliphatic heterocycles. The summed E-state index contributed by atoms with van der Waals surface area (Å²) < 4.78 is 11.4. The van der Waals surface area contributed by atoms with Crippen LogP contribution in [0.2, 0.25) is 0 Å². The van der Waals surface area contributed by atoms with Crippen LogP contribution in [0.3, 0.4) is 0 Å². The topological polar surface area (TPSA) is 57.5 Å². The van der Waals surface area contributed by atoms with Gasteiger partial charge in [-0.2, -0.15) is 5.26 Å². The summed E-state index contributed by atoms with van der Waals surface area (Å²) in [5, 5.41) is 12.4. The van der Waals surface area contributed by atoms with Crippen LogP contribution >= 0.6 is 0 Å². The second kappa shape index (κ2) is 10.4. The first-order valence-corrected chi connectivity index (χ1v) is 10.3. The maximum atomic E-state index is 8.83. The van der Waals surface area contributed by atoms with Crippen molar-refractivity contribution in [2.45, 2.75) is 58.7 Å². The molecule has 1 fully saturated rings. The minimum absolute atomic E-state index is 0.284. The van der Waals surface area contributed by atoms with E-state index in [1.165, 1.54) is 16.7 Å². The Morgan fingerprint density at radius 1 is 1.07 bits per heavy atom. The van der Waals surface area contributed by atoms with Crippen molar-refractivity contribution in [2.75, 3.05) is 13.1 Å². The summed E-state index contributed by atoms with van der Waals surface area (Å²) in [7, 11) is 0. The van der Waals surface area contributed by atoms with E-state index in [2.05, 4.69) is 54.4 Å². The monoisotopic (exact) mass is 393 g/mol. The molecule has 1 aliphatic rings. The quantitative estimate of drug-likeness (QED) is 0.738. The molecule has 0 amide bonds. The fourth-order valence-electron chi connectivity index (χ4n) is 3.80. The van der Waals surface area contributed by atoms with Gasteiger partial charge in [0.15, 0.2) is 6.10 Å². The van der Waals surface area contributed by atoms with E-state index in [4.69, 9.17) is 14.7 Å². The third kappa shape index (κ3) is 6.57. The van der Waals surface area contributed by atoms with Gasteiger partial charge in [-0.15, -0.1) is 0 Å². The normalized spacial score (nSPS) is 20.8. The van der Waals surface area contributed by atoms with E-state index in [0.29, 0.717) is 0 Å². The predicted molar refractivity (Wildman–Crippen MR) is 114 cm³/mol. The zero-order valence-corrected chi connectivity index (χ0v) is 17.6. The summed E-state index contributed by atoms with van der Waals surface area (Å²) in [4.78, 5) is 2.48. The summed E-state index contributed by atoms with van der Waals surface area (Å²) in [5.41, 5.74) is 3.90. The van der Waals surface area contributed by atoms with Crippen molar-refractivity contribution in [2.24, 2.45) is 0 Å². The van der Waals surface area contributed by atoms with Crippen LogP contribution in [0.25, 0.3) is 0 Å². The van der Waals surface area contributed by atoms with Gasteiger partial charge >= 0.3 is 0 Å². The van der Waals surface area contributed by atoms with Crippen molar-refractivity contribution in [1.82, 2.24) is 10.2 Å².